The molecule has 0 spiro atoms. The normalized spacial score (nSPS) is 11.1. The molecule has 0 aromatic heterocycles. The predicted octanol–water partition coefficient (Wildman–Crippen LogP) is 5.16. The molecule has 0 aliphatic heterocycles. The van der Waals surface area contributed by atoms with Crippen LogP contribution in [0.4, 0.5) is 5.69 Å². The SMILES string of the molecule is CCN(C)C=Nc1cc(C)cc(Cc2cccc(Cl)c2)c1C. The van der Waals surface area contributed by atoms with Gasteiger partial charge in [0.15, 0.2) is 0 Å². The number of aliphatic imine (C=N–C) groups is 1. The molecule has 3 heteroatoms. The zero-order valence-electron chi connectivity index (χ0n) is 13.7. The molecule has 0 radical (unpaired) electrons. The first-order valence-electron chi connectivity index (χ1n) is 7.58. The summed E-state index contributed by atoms with van der Waals surface area (Å²) in [5.74, 6) is 0. The van der Waals surface area contributed by atoms with E-state index in [4.69, 9.17) is 11.6 Å². The van der Waals surface area contributed by atoms with Crippen molar-refractivity contribution in [2.24, 2.45) is 4.99 Å². The molecule has 0 N–H and O–H groups in total. The van der Waals surface area contributed by atoms with E-state index in [9.17, 15) is 0 Å². The molecule has 0 aliphatic carbocycles. The first kappa shape index (κ1) is 16.6. The fourth-order valence-corrected chi connectivity index (χ4v) is 2.55. The van der Waals surface area contributed by atoms with Crippen molar-refractivity contribution in [1.29, 1.82) is 0 Å². The Balaban J connectivity index is 2.32. The molecular weight excluding hydrogens is 292 g/mol. The summed E-state index contributed by atoms with van der Waals surface area (Å²) in [6.07, 6.45) is 2.77. The van der Waals surface area contributed by atoms with Crippen molar-refractivity contribution in [3.8, 4) is 0 Å². The summed E-state index contributed by atoms with van der Waals surface area (Å²) < 4.78 is 0. The van der Waals surface area contributed by atoms with Gasteiger partial charge in [-0.2, -0.15) is 0 Å². The molecule has 2 nitrogen and oxygen atoms in total. The first-order valence-corrected chi connectivity index (χ1v) is 7.96. The van der Waals surface area contributed by atoms with Gasteiger partial charge in [0, 0.05) is 18.6 Å². The minimum atomic E-state index is 0.783. The van der Waals surface area contributed by atoms with Gasteiger partial charge in [0.25, 0.3) is 0 Å². The number of aryl methyl sites for hydroxylation is 1. The second-order valence-electron chi connectivity index (χ2n) is 5.69. The van der Waals surface area contributed by atoms with Gasteiger partial charge in [-0.25, -0.2) is 4.99 Å². The maximum Gasteiger partial charge on any atom is 0.0909 e. The fraction of sp³-hybridized carbons (Fsp3) is 0.316. The van der Waals surface area contributed by atoms with Gasteiger partial charge in [0.2, 0.25) is 0 Å². The summed E-state index contributed by atoms with van der Waals surface area (Å²) in [6.45, 7) is 7.31. The highest BCUT2D eigenvalue weighted by molar-refractivity contribution is 6.30. The second-order valence-corrected chi connectivity index (χ2v) is 6.13. The van der Waals surface area contributed by atoms with Crippen molar-refractivity contribution in [2.45, 2.75) is 27.2 Å². The molecule has 2 rings (SSSR count). The number of nitrogens with zero attached hydrogens (tertiary/aromatic N) is 2. The zero-order valence-corrected chi connectivity index (χ0v) is 14.5. The first-order chi connectivity index (χ1) is 10.5. The average molecular weight is 315 g/mol. The van der Waals surface area contributed by atoms with Crippen LogP contribution in [0.2, 0.25) is 5.02 Å². The smallest absolute Gasteiger partial charge is 0.0909 e. The van der Waals surface area contributed by atoms with Crippen LogP contribution < -0.4 is 0 Å². The Hall–Kier alpha value is -1.80. The molecule has 0 saturated heterocycles. The van der Waals surface area contributed by atoms with E-state index in [1.807, 2.05) is 31.6 Å². The van der Waals surface area contributed by atoms with E-state index in [1.54, 1.807) is 0 Å². The van der Waals surface area contributed by atoms with Crippen molar-refractivity contribution < 1.29 is 0 Å². The largest absolute Gasteiger partial charge is 0.366 e. The Morgan fingerprint density at radius 3 is 2.64 bits per heavy atom. The quantitative estimate of drug-likeness (QED) is 0.550. The third kappa shape index (κ3) is 4.35. The molecule has 0 fully saturated rings. The maximum absolute atomic E-state index is 6.08. The lowest BCUT2D eigenvalue weighted by Gasteiger charge is -2.13. The fourth-order valence-electron chi connectivity index (χ4n) is 2.34. The molecule has 0 unspecified atom stereocenters. The molecule has 0 aliphatic rings. The standard InChI is InChI=1S/C19H23ClN2/c1-5-22(4)13-21-19-10-14(2)9-17(15(19)3)11-16-7-6-8-18(20)12-16/h6-10,12-13H,5,11H2,1-4H3. The Kier molecular flexibility index (Phi) is 5.62. The van der Waals surface area contributed by atoms with Crippen LogP contribution in [0, 0.1) is 13.8 Å². The topological polar surface area (TPSA) is 15.6 Å². The molecule has 22 heavy (non-hydrogen) atoms. The molecule has 0 heterocycles. The highest BCUT2D eigenvalue weighted by atomic mass is 35.5. The van der Waals surface area contributed by atoms with Crippen LogP contribution in [-0.2, 0) is 6.42 Å². The van der Waals surface area contributed by atoms with E-state index in [1.165, 1.54) is 22.3 Å². The van der Waals surface area contributed by atoms with Crippen LogP contribution >= 0.6 is 11.6 Å². The lowest BCUT2D eigenvalue weighted by Crippen LogP contribution is -2.14. The predicted molar refractivity (Wildman–Crippen MR) is 96.6 cm³/mol. The van der Waals surface area contributed by atoms with Crippen LogP contribution in [-0.4, -0.2) is 24.8 Å². The summed E-state index contributed by atoms with van der Waals surface area (Å²) in [6, 6.07) is 12.4. The number of hydrogen-bond donors (Lipinski definition) is 0. The van der Waals surface area contributed by atoms with E-state index in [0.29, 0.717) is 0 Å². The van der Waals surface area contributed by atoms with E-state index >= 15 is 0 Å². The van der Waals surface area contributed by atoms with Gasteiger partial charge in [-0.15, -0.1) is 0 Å². The van der Waals surface area contributed by atoms with Crippen molar-refractivity contribution >= 4 is 23.6 Å². The summed E-state index contributed by atoms with van der Waals surface area (Å²) in [4.78, 5) is 6.70. The Morgan fingerprint density at radius 2 is 1.95 bits per heavy atom. The Bertz CT molecular complexity index is 677. The third-order valence-corrected chi connectivity index (χ3v) is 4.04. The van der Waals surface area contributed by atoms with Gasteiger partial charge in [-0.3, -0.25) is 0 Å². The zero-order chi connectivity index (χ0) is 16.1. The lowest BCUT2D eigenvalue weighted by molar-refractivity contribution is 0.552. The summed E-state index contributed by atoms with van der Waals surface area (Å²) in [5, 5.41) is 0.783. The highest BCUT2D eigenvalue weighted by Gasteiger charge is 2.07. The molecule has 0 bridgehead atoms. The molecule has 0 saturated carbocycles. The number of rotatable bonds is 5. The average Bonchev–Trinajstić information content (AvgIpc) is 2.48. The molecule has 0 amide bonds. The van der Waals surface area contributed by atoms with Crippen LogP contribution in [0.3, 0.4) is 0 Å². The van der Waals surface area contributed by atoms with Crippen LogP contribution in [0.5, 0.6) is 0 Å². The van der Waals surface area contributed by atoms with Gasteiger partial charge in [-0.1, -0.05) is 29.8 Å². The molecular formula is C19H23ClN2. The van der Waals surface area contributed by atoms with E-state index in [0.717, 1.165) is 23.7 Å². The highest BCUT2D eigenvalue weighted by Crippen LogP contribution is 2.26. The minimum Gasteiger partial charge on any atom is -0.366 e. The molecule has 2 aromatic rings. The van der Waals surface area contributed by atoms with Crippen LogP contribution in [0.1, 0.15) is 29.2 Å². The number of benzene rings is 2. The van der Waals surface area contributed by atoms with E-state index < -0.39 is 0 Å². The number of halogens is 1. The van der Waals surface area contributed by atoms with E-state index in [-0.39, 0.29) is 0 Å². The second kappa shape index (κ2) is 7.46. The van der Waals surface area contributed by atoms with Crippen molar-refractivity contribution in [2.75, 3.05) is 13.6 Å². The summed E-state index contributed by atoms with van der Waals surface area (Å²) in [5.41, 5.74) is 6.02. The van der Waals surface area contributed by atoms with Crippen LogP contribution in [0.25, 0.3) is 0 Å². The van der Waals surface area contributed by atoms with Crippen molar-refractivity contribution in [3.05, 3.63) is 63.7 Å². The lowest BCUT2D eigenvalue weighted by atomic mass is 9.97. The Labute approximate surface area is 138 Å². The van der Waals surface area contributed by atoms with E-state index in [2.05, 4.69) is 48.9 Å². The van der Waals surface area contributed by atoms with Gasteiger partial charge < -0.3 is 4.90 Å². The van der Waals surface area contributed by atoms with Crippen molar-refractivity contribution in [1.82, 2.24) is 4.90 Å². The number of hydrogen-bond acceptors (Lipinski definition) is 1. The molecule has 2 aromatic carbocycles. The van der Waals surface area contributed by atoms with Gasteiger partial charge in [0.05, 0.1) is 12.0 Å². The minimum absolute atomic E-state index is 0.783. The Morgan fingerprint density at radius 1 is 1.18 bits per heavy atom. The van der Waals surface area contributed by atoms with Crippen LogP contribution in [0.15, 0.2) is 41.4 Å². The van der Waals surface area contributed by atoms with Gasteiger partial charge in [-0.05, 0) is 67.6 Å². The summed E-state index contributed by atoms with van der Waals surface area (Å²) >= 11 is 6.08. The van der Waals surface area contributed by atoms with Crippen molar-refractivity contribution in [3.63, 3.8) is 0 Å². The third-order valence-electron chi connectivity index (χ3n) is 3.81. The molecule has 116 valence electrons. The monoisotopic (exact) mass is 314 g/mol. The molecule has 0 atom stereocenters. The summed E-state index contributed by atoms with van der Waals surface area (Å²) in [7, 11) is 2.03. The van der Waals surface area contributed by atoms with Gasteiger partial charge >= 0.3 is 0 Å². The maximum atomic E-state index is 6.08. The van der Waals surface area contributed by atoms with Gasteiger partial charge in [0.1, 0.15) is 0 Å².